The highest BCUT2D eigenvalue weighted by molar-refractivity contribution is 8.14. The fraction of sp³-hybridized carbons (Fsp3) is 0.0909. The Balaban J connectivity index is 2.31. The first-order valence-electron chi connectivity index (χ1n) is 8.15. The number of rotatable bonds is 4. The van der Waals surface area contributed by atoms with Crippen molar-refractivity contribution in [2.75, 3.05) is 0 Å². The van der Waals surface area contributed by atoms with Crippen LogP contribution in [0.3, 0.4) is 0 Å². The van der Waals surface area contributed by atoms with Crippen LogP contribution in [0.15, 0.2) is 77.1 Å². The average molecular weight is 432 g/mol. The smallest absolute Gasteiger partial charge is 0.282 e. The van der Waals surface area contributed by atoms with Gasteiger partial charge in [0.05, 0.1) is 5.56 Å². The molecule has 0 fully saturated rings. The maximum atomic E-state index is 13.4. The first kappa shape index (κ1) is 22.6. The van der Waals surface area contributed by atoms with Crippen LogP contribution < -0.4 is 0 Å². The SMILES string of the molecule is C=CC(=O)Sc1ccc(C#Cc2ccc(SC(=O)C(=C)C)cc2C(F)(F)F)cc1. The molecule has 2 aromatic rings. The van der Waals surface area contributed by atoms with Gasteiger partial charge in [-0.3, -0.25) is 9.59 Å². The number of carbonyl (C=O) groups is 2. The van der Waals surface area contributed by atoms with E-state index in [2.05, 4.69) is 25.0 Å². The number of benzene rings is 2. The molecule has 0 spiro atoms. The van der Waals surface area contributed by atoms with Crippen molar-refractivity contribution >= 4 is 33.8 Å². The highest BCUT2D eigenvalue weighted by Gasteiger charge is 2.33. The first-order chi connectivity index (χ1) is 13.6. The highest BCUT2D eigenvalue weighted by atomic mass is 32.2. The topological polar surface area (TPSA) is 34.1 Å². The van der Waals surface area contributed by atoms with Crippen LogP contribution in [-0.2, 0) is 15.8 Å². The largest absolute Gasteiger partial charge is 0.417 e. The van der Waals surface area contributed by atoms with Gasteiger partial charge < -0.3 is 0 Å². The van der Waals surface area contributed by atoms with Gasteiger partial charge in [-0.2, -0.15) is 13.2 Å². The van der Waals surface area contributed by atoms with Gasteiger partial charge in [0.25, 0.3) is 0 Å². The number of thioether (sulfide) groups is 2. The number of hydrogen-bond donors (Lipinski definition) is 0. The van der Waals surface area contributed by atoms with Crippen LogP contribution in [0.4, 0.5) is 13.2 Å². The Labute approximate surface area is 175 Å². The first-order valence-corrected chi connectivity index (χ1v) is 9.78. The molecule has 7 heteroatoms. The minimum absolute atomic E-state index is 0.170. The lowest BCUT2D eigenvalue weighted by atomic mass is 10.1. The second-order valence-corrected chi connectivity index (χ2v) is 7.90. The molecule has 2 aromatic carbocycles. The number of halogens is 3. The molecule has 0 unspecified atom stereocenters. The van der Waals surface area contributed by atoms with Crippen molar-refractivity contribution in [3.05, 3.63) is 84.0 Å². The monoisotopic (exact) mass is 432 g/mol. The van der Waals surface area contributed by atoms with Gasteiger partial charge in [0, 0.05) is 20.9 Å². The summed E-state index contributed by atoms with van der Waals surface area (Å²) in [6.07, 6.45) is -3.42. The van der Waals surface area contributed by atoms with Gasteiger partial charge in [-0.1, -0.05) is 25.0 Å². The van der Waals surface area contributed by atoms with Gasteiger partial charge >= 0.3 is 6.18 Å². The summed E-state index contributed by atoms with van der Waals surface area (Å²) in [6, 6.07) is 10.1. The Morgan fingerprint density at radius 1 is 1.00 bits per heavy atom. The summed E-state index contributed by atoms with van der Waals surface area (Å²) in [5, 5.41) is -0.605. The van der Waals surface area contributed by atoms with Crippen molar-refractivity contribution in [3.63, 3.8) is 0 Å². The van der Waals surface area contributed by atoms with E-state index in [1.807, 2.05) is 0 Å². The molecule has 0 saturated heterocycles. The van der Waals surface area contributed by atoms with Gasteiger partial charge in [-0.25, -0.2) is 0 Å². The normalized spacial score (nSPS) is 10.6. The number of carbonyl (C=O) groups excluding carboxylic acids is 2. The van der Waals surface area contributed by atoms with E-state index in [1.165, 1.54) is 25.1 Å². The molecule has 0 heterocycles. The summed E-state index contributed by atoms with van der Waals surface area (Å²) < 4.78 is 40.3. The van der Waals surface area contributed by atoms with Crippen molar-refractivity contribution in [3.8, 4) is 11.8 Å². The molecule has 0 N–H and O–H groups in total. The van der Waals surface area contributed by atoms with Crippen molar-refractivity contribution in [2.45, 2.75) is 22.9 Å². The lowest BCUT2D eigenvalue weighted by molar-refractivity contribution is -0.138. The Hall–Kier alpha value is -2.69. The lowest BCUT2D eigenvalue weighted by Gasteiger charge is -2.11. The minimum atomic E-state index is -4.61. The minimum Gasteiger partial charge on any atom is -0.282 e. The third-order valence-electron chi connectivity index (χ3n) is 3.44. The van der Waals surface area contributed by atoms with Crippen LogP contribution in [0.2, 0.25) is 0 Å². The Bertz CT molecular complexity index is 1030. The second kappa shape index (κ2) is 9.68. The van der Waals surface area contributed by atoms with E-state index in [0.29, 0.717) is 22.2 Å². The third kappa shape index (κ3) is 6.70. The molecule has 0 aliphatic rings. The zero-order valence-corrected chi connectivity index (χ0v) is 16.9. The summed E-state index contributed by atoms with van der Waals surface area (Å²) in [7, 11) is 0. The molecule has 0 atom stereocenters. The van der Waals surface area contributed by atoms with Crippen LogP contribution in [0.25, 0.3) is 0 Å². The predicted octanol–water partition coefficient (Wildman–Crippen LogP) is 6.10. The van der Waals surface area contributed by atoms with Crippen molar-refractivity contribution in [1.29, 1.82) is 0 Å². The molecule has 0 bridgehead atoms. The van der Waals surface area contributed by atoms with E-state index < -0.39 is 16.9 Å². The fourth-order valence-corrected chi connectivity index (χ4v) is 3.32. The van der Waals surface area contributed by atoms with E-state index in [4.69, 9.17) is 0 Å². The van der Waals surface area contributed by atoms with Crippen LogP contribution in [0, 0.1) is 11.8 Å². The fourth-order valence-electron chi connectivity index (χ4n) is 2.03. The predicted molar refractivity (Wildman–Crippen MR) is 111 cm³/mol. The standard InChI is InChI=1S/C22H15F3O2S2/c1-4-20(26)28-17-10-6-15(7-11-17)5-8-16-9-12-18(29-21(27)14(2)3)13-19(16)22(23,24)25/h4,6-7,9-13H,1-2H2,3H3. The van der Waals surface area contributed by atoms with E-state index >= 15 is 0 Å². The quantitative estimate of drug-likeness (QED) is 0.332. The van der Waals surface area contributed by atoms with Gasteiger partial charge in [0.2, 0.25) is 10.2 Å². The summed E-state index contributed by atoms with van der Waals surface area (Å²) in [5.41, 5.74) is -0.341. The molecule has 148 valence electrons. The van der Waals surface area contributed by atoms with Crippen molar-refractivity contribution in [1.82, 2.24) is 0 Å². The molecule has 0 amide bonds. The van der Waals surface area contributed by atoms with E-state index in [0.717, 1.165) is 17.8 Å². The third-order valence-corrected chi connectivity index (χ3v) is 5.34. The number of alkyl halides is 3. The Morgan fingerprint density at radius 3 is 2.17 bits per heavy atom. The van der Waals surface area contributed by atoms with E-state index in [1.54, 1.807) is 24.3 Å². The molecule has 0 aliphatic carbocycles. The Morgan fingerprint density at radius 2 is 1.62 bits per heavy atom. The van der Waals surface area contributed by atoms with E-state index in [-0.39, 0.29) is 21.1 Å². The molecule has 2 nitrogen and oxygen atoms in total. The maximum Gasteiger partial charge on any atom is 0.417 e. The maximum absolute atomic E-state index is 13.4. The summed E-state index contributed by atoms with van der Waals surface area (Å²) in [6.45, 7) is 8.37. The molecule has 0 radical (unpaired) electrons. The lowest BCUT2D eigenvalue weighted by Crippen LogP contribution is -2.08. The van der Waals surface area contributed by atoms with Crippen LogP contribution in [-0.4, -0.2) is 10.2 Å². The average Bonchev–Trinajstić information content (AvgIpc) is 2.67. The van der Waals surface area contributed by atoms with Crippen molar-refractivity contribution in [2.24, 2.45) is 0 Å². The van der Waals surface area contributed by atoms with Gasteiger partial charge in [0.1, 0.15) is 0 Å². The molecule has 29 heavy (non-hydrogen) atoms. The molecule has 0 aromatic heterocycles. The van der Waals surface area contributed by atoms with Crippen molar-refractivity contribution < 1.29 is 22.8 Å². The van der Waals surface area contributed by atoms with Crippen LogP contribution in [0.1, 0.15) is 23.6 Å². The van der Waals surface area contributed by atoms with Crippen LogP contribution in [0.5, 0.6) is 0 Å². The van der Waals surface area contributed by atoms with Crippen LogP contribution >= 0.6 is 23.5 Å². The number of hydrogen-bond acceptors (Lipinski definition) is 4. The molecule has 2 rings (SSSR count). The zero-order chi connectivity index (χ0) is 21.6. The Kier molecular flexibility index (Phi) is 7.54. The molecular weight excluding hydrogens is 417 g/mol. The summed E-state index contributed by atoms with van der Waals surface area (Å²) in [5.74, 6) is 5.23. The van der Waals surface area contributed by atoms with E-state index in [9.17, 15) is 22.8 Å². The van der Waals surface area contributed by atoms with Gasteiger partial charge in [0.15, 0.2) is 0 Å². The summed E-state index contributed by atoms with van der Waals surface area (Å²) in [4.78, 5) is 23.9. The van der Waals surface area contributed by atoms with Gasteiger partial charge in [-0.05, 0) is 84.6 Å². The van der Waals surface area contributed by atoms with Gasteiger partial charge in [-0.15, -0.1) is 0 Å². The second-order valence-electron chi connectivity index (χ2n) is 5.77. The molecule has 0 saturated carbocycles. The zero-order valence-electron chi connectivity index (χ0n) is 15.3. The summed E-state index contributed by atoms with van der Waals surface area (Å²) >= 11 is 1.68. The highest BCUT2D eigenvalue weighted by Crippen LogP contribution is 2.35. The molecule has 0 aliphatic heterocycles. The molecular formula is C22H15F3O2S2.